The van der Waals surface area contributed by atoms with Gasteiger partial charge in [-0.2, -0.15) is 0 Å². The molecule has 0 aromatic rings. The van der Waals surface area contributed by atoms with E-state index in [4.69, 9.17) is 0 Å². The minimum Gasteiger partial charge on any atom is -0.341 e. The molecular formula is C14H26N2O. The van der Waals surface area contributed by atoms with Crippen LogP contribution in [0.5, 0.6) is 0 Å². The minimum absolute atomic E-state index is 0.385. The number of piperidine rings is 1. The molecule has 98 valence electrons. The quantitative estimate of drug-likeness (QED) is 0.749. The van der Waals surface area contributed by atoms with Gasteiger partial charge in [-0.3, -0.25) is 4.79 Å². The van der Waals surface area contributed by atoms with Gasteiger partial charge in [0, 0.05) is 24.9 Å². The molecule has 2 fully saturated rings. The fourth-order valence-electron chi connectivity index (χ4n) is 3.09. The first-order chi connectivity index (χ1) is 8.19. The van der Waals surface area contributed by atoms with Crippen molar-refractivity contribution in [1.29, 1.82) is 0 Å². The Balaban J connectivity index is 1.73. The topological polar surface area (TPSA) is 23.6 Å². The highest BCUT2D eigenvalue weighted by Crippen LogP contribution is 2.40. The van der Waals surface area contributed by atoms with Crippen LogP contribution in [-0.2, 0) is 4.79 Å². The molecule has 0 saturated carbocycles. The lowest BCUT2D eigenvalue weighted by atomic mass is 9.72. The third-order valence-electron chi connectivity index (χ3n) is 4.51. The van der Waals surface area contributed by atoms with Crippen LogP contribution in [0.4, 0.5) is 0 Å². The van der Waals surface area contributed by atoms with E-state index in [1.165, 1.54) is 32.5 Å². The number of hydrogen-bond acceptors (Lipinski definition) is 2. The van der Waals surface area contributed by atoms with Crippen LogP contribution in [0.15, 0.2) is 0 Å². The Morgan fingerprint density at radius 1 is 1.18 bits per heavy atom. The van der Waals surface area contributed by atoms with Crippen LogP contribution < -0.4 is 0 Å². The number of rotatable bonds is 4. The summed E-state index contributed by atoms with van der Waals surface area (Å²) in [6.07, 6.45) is 5.51. The van der Waals surface area contributed by atoms with E-state index < -0.39 is 0 Å². The summed E-state index contributed by atoms with van der Waals surface area (Å²) >= 11 is 0. The lowest BCUT2D eigenvalue weighted by molar-refractivity contribution is -0.146. The largest absolute Gasteiger partial charge is 0.341 e. The second kappa shape index (κ2) is 5.38. The van der Waals surface area contributed by atoms with Gasteiger partial charge in [-0.15, -0.1) is 0 Å². The van der Waals surface area contributed by atoms with E-state index in [1.54, 1.807) is 0 Å². The lowest BCUT2D eigenvalue weighted by Gasteiger charge is -2.54. The van der Waals surface area contributed by atoms with E-state index in [9.17, 15) is 4.79 Å². The molecular weight excluding hydrogens is 212 g/mol. The van der Waals surface area contributed by atoms with Gasteiger partial charge in [0.1, 0.15) is 0 Å². The summed E-state index contributed by atoms with van der Waals surface area (Å²) in [6.45, 7) is 10.1. The average Bonchev–Trinajstić information content (AvgIpc) is 2.33. The molecule has 0 radical (unpaired) electrons. The molecule has 3 nitrogen and oxygen atoms in total. The molecule has 2 saturated heterocycles. The zero-order valence-corrected chi connectivity index (χ0v) is 11.4. The highest BCUT2D eigenvalue weighted by molar-refractivity contribution is 5.77. The van der Waals surface area contributed by atoms with Crippen molar-refractivity contribution < 1.29 is 4.79 Å². The summed E-state index contributed by atoms with van der Waals surface area (Å²) in [5, 5.41) is 0. The zero-order chi connectivity index (χ0) is 12.3. The summed E-state index contributed by atoms with van der Waals surface area (Å²) < 4.78 is 0. The van der Waals surface area contributed by atoms with Gasteiger partial charge in [0.05, 0.1) is 0 Å². The Bertz CT molecular complexity index is 261. The van der Waals surface area contributed by atoms with Crippen molar-refractivity contribution in [2.75, 3.05) is 32.7 Å². The van der Waals surface area contributed by atoms with Gasteiger partial charge < -0.3 is 9.80 Å². The van der Waals surface area contributed by atoms with Crippen LogP contribution >= 0.6 is 0 Å². The predicted octanol–water partition coefficient (Wildman–Crippen LogP) is 2.12. The fraction of sp³-hybridized carbons (Fsp3) is 0.929. The Morgan fingerprint density at radius 3 is 2.35 bits per heavy atom. The summed E-state index contributed by atoms with van der Waals surface area (Å²) in [5.41, 5.74) is 0.494. The highest BCUT2D eigenvalue weighted by atomic mass is 16.2. The van der Waals surface area contributed by atoms with E-state index >= 15 is 0 Å². The third kappa shape index (κ3) is 2.82. The number of hydrogen-bond donors (Lipinski definition) is 0. The summed E-state index contributed by atoms with van der Waals surface area (Å²) in [6, 6.07) is 0. The predicted molar refractivity (Wildman–Crippen MR) is 69.9 cm³/mol. The SMILES string of the molecule is CCCCC(=O)N1CC2(CCN(CC)CC2)C1. The number of carbonyl (C=O) groups excluding carboxylic acids is 1. The Hall–Kier alpha value is -0.570. The maximum atomic E-state index is 11.8. The first-order valence-electron chi connectivity index (χ1n) is 7.19. The van der Waals surface area contributed by atoms with Crippen molar-refractivity contribution in [1.82, 2.24) is 9.80 Å². The van der Waals surface area contributed by atoms with E-state index in [-0.39, 0.29) is 0 Å². The molecule has 0 unspecified atom stereocenters. The summed E-state index contributed by atoms with van der Waals surface area (Å²) in [4.78, 5) is 16.4. The number of amides is 1. The van der Waals surface area contributed by atoms with Gasteiger partial charge in [-0.1, -0.05) is 20.3 Å². The van der Waals surface area contributed by atoms with Gasteiger partial charge in [-0.05, 0) is 38.9 Å². The zero-order valence-electron chi connectivity index (χ0n) is 11.4. The van der Waals surface area contributed by atoms with Gasteiger partial charge >= 0.3 is 0 Å². The maximum absolute atomic E-state index is 11.8. The van der Waals surface area contributed by atoms with E-state index in [0.717, 1.165) is 32.4 Å². The molecule has 17 heavy (non-hydrogen) atoms. The molecule has 0 aliphatic carbocycles. The normalized spacial score (nSPS) is 23.8. The van der Waals surface area contributed by atoms with Gasteiger partial charge in [0.25, 0.3) is 0 Å². The standard InChI is InChI=1S/C14H26N2O/c1-3-5-6-13(17)16-11-14(12-16)7-9-15(4-2)10-8-14/h3-12H2,1-2H3. The summed E-state index contributed by atoms with van der Waals surface area (Å²) in [7, 11) is 0. The van der Waals surface area contributed by atoms with Crippen molar-refractivity contribution in [3.63, 3.8) is 0 Å². The Labute approximate surface area is 105 Å². The minimum atomic E-state index is 0.385. The third-order valence-corrected chi connectivity index (χ3v) is 4.51. The van der Waals surface area contributed by atoms with Crippen LogP contribution in [0.3, 0.4) is 0 Å². The van der Waals surface area contributed by atoms with Crippen molar-refractivity contribution in [3.8, 4) is 0 Å². The maximum Gasteiger partial charge on any atom is 0.222 e. The fourth-order valence-corrected chi connectivity index (χ4v) is 3.09. The molecule has 3 heteroatoms. The van der Waals surface area contributed by atoms with Crippen molar-refractivity contribution in [2.45, 2.75) is 46.0 Å². The average molecular weight is 238 g/mol. The Kier molecular flexibility index (Phi) is 4.08. The number of unbranched alkanes of at least 4 members (excludes halogenated alkanes) is 1. The molecule has 1 amide bonds. The van der Waals surface area contributed by atoms with E-state index in [2.05, 4.69) is 23.6 Å². The molecule has 0 atom stereocenters. The summed E-state index contributed by atoms with van der Waals surface area (Å²) in [5.74, 6) is 0.385. The Morgan fingerprint density at radius 2 is 1.82 bits per heavy atom. The van der Waals surface area contributed by atoms with Crippen molar-refractivity contribution in [3.05, 3.63) is 0 Å². The molecule has 0 aromatic carbocycles. The van der Waals surface area contributed by atoms with Crippen LogP contribution in [0, 0.1) is 5.41 Å². The van der Waals surface area contributed by atoms with E-state index in [1.807, 2.05) is 0 Å². The second-order valence-corrected chi connectivity index (χ2v) is 5.79. The van der Waals surface area contributed by atoms with Crippen LogP contribution in [0.1, 0.15) is 46.0 Å². The number of likely N-dealkylation sites (tertiary alicyclic amines) is 2. The molecule has 2 rings (SSSR count). The van der Waals surface area contributed by atoms with Crippen LogP contribution in [-0.4, -0.2) is 48.4 Å². The van der Waals surface area contributed by atoms with Gasteiger partial charge in [-0.25, -0.2) is 0 Å². The number of carbonyl (C=O) groups is 1. The van der Waals surface area contributed by atoms with Gasteiger partial charge in [0.2, 0.25) is 5.91 Å². The monoisotopic (exact) mass is 238 g/mol. The van der Waals surface area contributed by atoms with Crippen LogP contribution in [0.2, 0.25) is 0 Å². The van der Waals surface area contributed by atoms with Crippen LogP contribution in [0.25, 0.3) is 0 Å². The van der Waals surface area contributed by atoms with Crippen molar-refractivity contribution >= 4 is 5.91 Å². The van der Waals surface area contributed by atoms with Gasteiger partial charge in [0.15, 0.2) is 0 Å². The highest BCUT2D eigenvalue weighted by Gasteiger charge is 2.45. The first kappa shape index (κ1) is 12.9. The molecule has 0 aromatic heterocycles. The lowest BCUT2D eigenvalue weighted by Crippen LogP contribution is -2.61. The number of nitrogens with zero attached hydrogens (tertiary/aromatic N) is 2. The smallest absolute Gasteiger partial charge is 0.222 e. The molecule has 0 N–H and O–H groups in total. The molecule has 2 heterocycles. The second-order valence-electron chi connectivity index (χ2n) is 5.79. The molecule has 1 spiro atoms. The molecule has 2 aliphatic heterocycles. The van der Waals surface area contributed by atoms with Crippen molar-refractivity contribution in [2.24, 2.45) is 5.41 Å². The first-order valence-corrected chi connectivity index (χ1v) is 7.19. The molecule has 0 bridgehead atoms. The molecule has 2 aliphatic rings. The van der Waals surface area contributed by atoms with E-state index in [0.29, 0.717) is 11.3 Å².